The second-order valence-electron chi connectivity index (χ2n) is 8.90. The molecule has 3 heterocycles. The Morgan fingerprint density at radius 2 is 1.88 bits per heavy atom. The van der Waals surface area contributed by atoms with Crippen LogP contribution in [-0.2, 0) is 20.8 Å². The monoisotopic (exact) mass is 444 g/mol. The predicted octanol–water partition coefficient (Wildman–Crippen LogP) is 3.61. The third-order valence-corrected chi connectivity index (χ3v) is 6.67. The molecule has 5 rings (SSSR count). The van der Waals surface area contributed by atoms with Crippen molar-refractivity contribution in [2.45, 2.75) is 45.2 Å². The number of piperazine rings is 1. The third kappa shape index (κ3) is 3.67. The summed E-state index contributed by atoms with van der Waals surface area (Å²) in [7, 11) is 0. The number of carbonyl (C=O) groups excluding carboxylic acids is 3. The molecule has 3 aromatic rings. The van der Waals surface area contributed by atoms with Gasteiger partial charge >= 0.3 is 0 Å². The Balaban J connectivity index is 1.61. The lowest BCUT2D eigenvalue weighted by molar-refractivity contribution is -0.158. The summed E-state index contributed by atoms with van der Waals surface area (Å²) in [4.78, 5) is 45.4. The fraction of sp³-hybridized carbons (Fsp3) is 0.346. The number of fused-ring (bicyclic) bond motifs is 4. The van der Waals surface area contributed by atoms with Gasteiger partial charge in [-0.1, -0.05) is 43.7 Å². The van der Waals surface area contributed by atoms with E-state index in [0.29, 0.717) is 18.7 Å². The van der Waals surface area contributed by atoms with Gasteiger partial charge in [-0.2, -0.15) is 0 Å². The van der Waals surface area contributed by atoms with Gasteiger partial charge in [0, 0.05) is 42.2 Å². The van der Waals surface area contributed by atoms with E-state index in [4.69, 9.17) is 0 Å². The number of aromatic nitrogens is 1. The first-order valence-electron chi connectivity index (χ1n) is 11.5. The maximum absolute atomic E-state index is 13.5. The fourth-order valence-electron chi connectivity index (χ4n) is 5.16. The van der Waals surface area contributed by atoms with Crippen LogP contribution >= 0.6 is 0 Å². The summed E-state index contributed by atoms with van der Waals surface area (Å²) in [5.41, 5.74) is 4.67. The minimum atomic E-state index is -0.519. The van der Waals surface area contributed by atoms with E-state index in [2.05, 4.69) is 23.3 Å². The molecule has 0 aliphatic carbocycles. The molecule has 170 valence electrons. The van der Waals surface area contributed by atoms with E-state index in [1.54, 1.807) is 9.80 Å². The van der Waals surface area contributed by atoms with E-state index in [0.717, 1.165) is 40.6 Å². The van der Waals surface area contributed by atoms with Gasteiger partial charge in [0.25, 0.3) is 0 Å². The minimum Gasteiger partial charge on any atom is -0.356 e. The lowest BCUT2D eigenvalue weighted by atomic mass is 9.86. The van der Waals surface area contributed by atoms with Gasteiger partial charge in [0.05, 0.1) is 12.6 Å². The zero-order valence-electron chi connectivity index (χ0n) is 18.9. The van der Waals surface area contributed by atoms with Crippen LogP contribution in [0.1, 0.15) is 49.6 Å². The van der Waals surface area contributed by atoms with Crippen LogP contribution in [0.4, 0.5) is 5.69 Å². The number of nitrogens with one attached hydrogen (secondary N) is 2. The lowest BCUT2D eigenvalue weighted by Crippen LogP contribution is -2.63. The quantitative estimate of drug-likeness (QED) is 0.630. The number of H-pyrrole nitrogens is 1. The van der Waals surface area contributed by atoms with E-state index in [1.165, 1.54) is 6.92 Å². The maximum Gasteiger partial charge on any atom is 0.246 e. The molecule has 0 unspecified atom stereocenters. The van der Waals surface area contributed by atoms with Crippen molar-refractivity contribution in [1.82, 2.24) is 14.8 Å². The van der Waals surface area contributed by atoms with Gasteiger partial charge in [0.15, 0.2) is 0 Å². The molecule has 33 heavy (non-hydrogen) atoms. The number of unbranched alkanes of at least 4 members (excludes halogenated alkanes) is 1. The largest absolute Gasteiger partial charge is 0.356 e. The number of carbonyl (C=O) groups is 3. The van der Waals surface area contributed by atoms with E-state index in [9.17, 15) is 14.4 Å². The van der Waals surface area contributed by atoms with Gasteiger partial charge in [0.1, 0.15) is 6.04 Å². The molecule has 1 fully saturated rings. The zero-order chi connectivity index (χ0) is 23.1. The molecule has 3 amide bonds. The molecular weight excluding hydrogens is 416 g/mol. The minimum absolute atomic E-state index is 0.0267. The van der Waals surface area contributed by atoms with Crippen LogP contribution in [0.15, 0.2) is 48.5 Å². The standard InChI is InChI=1S/C26H28N4O3/c1-3-4-13-29-15-23(32)30-22(26(29)33)14-20-19-7-5-6-8-21(19)28-24(20)25(30)17-9-11-18(12-10-17)27-16(2)31/h5-12,22,25,28H,3-4,13-15H2,1-2H3,(H,27,31)/t22-,25-/m0/s1. The average molecular weight is 445 g/mol. The van der Waals surface area contributed by atoms with Crippen LogP contribution < -0.4 is 5.32 Å². The summed E-state index contributed by atoms with van der Waals surface area (Å²) >= 11 is 0. The highest BCUT2D eigenvalue weighted by molar-refractivity contribution is 5.97. The van der Waals surface area contributed by atoms with Gasteiger partial charge in [-0.3, -0.25) is 14.4 Å². The van der Waals surface area contributed by atoms with E-state index < -0.39 is 6.04 Å². The molecule has 0 spiro atoms. The van der Waals surface area contributed by atoms with Gasteiger partial charge in [-0.05, 0) is 35.7 Å². The first kappa shape index (κ1) is 21.2. The van der Waals surface area contributed by atoms with Gasteiger partial charge in [-0.15, -0.1) is 0 Å². The van der Waals surface area contributed by atoms with Crippen molar-refractivity contribution in [2.75, 3.05) is 18.4 Å². The molecule has 7 heteroatoms. The fourth-order valence-corrected chi connectivity index (χ4v) is 5.16. The molecule has 2 atom stereocenters. The van der Waals surface area contributed by atoms with E-state index in [-0.39, 0.29) is 30.3 Å². The number of anilines is 1. The molecule has 0 radical (unpaired) electrons. The number of rotatable bonds is 5. The lowest BCUT2D eigenvalue weighted by Gasteiger charge is -2.47. The number of aromatic amines is 1. The highest BCUT2D eigenvalue weighted by Crippen LogP contribution is 2.42. The number of para-hydroxylation sites is 1. The Labute approximate surface area is 192 Å². The molecule has 2 N–H and O–H groups in total. The van der Waals surface area contributed by atoms with Gasteiger partial charge in [0.2, 0.25) is 17.7 Å². The van der Waals surface area contributed by atoms with Crippen molar-refractivity contribution in [3.8, 4) is 0 Å². The Kier molecular flexibility index (Phi) is 5.40. The molecule has 1 saturated heterocycles. The normalized spacial score (nSPS) is 20.1. The highest BCUT2D eigenvalue weighted by atomic mass is 16.2. The zero-order valence-corrected chi connectivity index (χ0v) is 18.9. The topological polar surface area (TPSA) is 85.5 Å². The van der Waals surface area contributed by atoms with Gasteiger partial charge < -0.3 is 20.1 Å². The molecule has 7 nitrogen and oxygen atoms in total. The van der Waals surface area contributed by atoms with E-state index in [1.807, 2.05) is 42.5 Å². The Hall–Kier alpha value is -3.61. The highest BCUT2D eigenvalue weighted by Gasteiger charge is 2.47. The number of hydrogen-bond donors (Lipinski definition) is 2. The average Bonchev–Trinajstić information content (AvgIpc) is 3.18. The van der Waals surface area contributed by atoms with Crippen LogP contribution in [0.5, 0.6) is 0 Å². The molecule has 0 saturated carbocycles. The molecule has 2 aliphatic rings. The molecule has 1 aromatic heterocycles. The van der Waals surface area contributed by atoms with E-state index >= 15 is 0 Å². The van der Waals surface area contributed by atoms with Crippen molar-refractivity contribution in [3.05, 3.63) is 65.4 Å². The SMILES string of the molecule is CCCCN1CC(=O)N2[C@@H](c3ccc(NC(C)=O)cc3)c3[nH]c4ccccc4c3C[C@H]2C1=O. The Morgan fingerprint density at radius 1 is 1.12 bits per heavy atom. The van der Waals surface area contributed by atoms with Crippen LogP contribution in [0.3, 0.4) is 0 Å². The van der Waals surface area contributed by atoms with Crippen molar-refractivity contribution >= 4 is 34.3 Å². The summed E-state index contributed by atoms with van der Waals surface area (Å²) in [5.74, 6) is -0.142. The smallest absolute Gasteiger partial charge is 0.246 e. The van der Waals surface area contributed by atoms with Gasteiger partial charge in [-0.25, -0.2) is 0 Å². The molecule has 2 aromatic carbocycles. The maximum atomic E-state index is 13.5. The summed E-state index contributed by atoms with van der Waals surface area (Å²) in [6.07, 6.45) is 2.37. The molecular formula is C26H28N4O3. The molecule has 2 aliphatic heterocycles. The number of nitrogens with zero attached hydrogens (tertiary/aromatic N) is 2. The first-order valence-corrected chi connectivity index (χ1v) is 11.5. The van der Waals surface area contributed by atoms with Crippen LogP contribution in [0.25, 0.3) is 10.9 Å². The van der Waals surface area contributed by atoms with Crippen molar-refractivity contribution < 1.29 is 14.4 Å². The van der Waals surface area contributed by atoms with Crippen molar-refractivity contribution in [1.29, 1.82) is 0 Å². The van der Waals surface area contributed by atoms with Crippen molar-refractivity contribution in [3.63, 3.8) is 0 Å². The van der Waals surface area contributed by atoms with Crippen LogP contribution in [0, 0.1) is 0 Å². The Bertz CT molecular complexity index is 1230. The summed E-state index contributed by atoms with van der Waals surface area (Å²) in [5, 5.41) is 3.88. The predicted molar refractivity (Wildman–Crippen MR) is 127 cm³/mol. The first-order chi connectivity index (χ1) is 16.0. The number of hydrogen-bond acceptors (Lipinski definition) is 3. The van der Waals surface area contributed by atoms with Crippen molar-refractivity contribution in [2.24, 2.45) is 0 Å². The Morgan fingerprint density at radius 3 is 2.61 bits per heavy atom. The van der Waals surface area contributed by atoms with Crippen LogP contribution in [0.2, 0.25) is 0 Å². The summed E-state index contributed by atoms with van der Waals surface area (Å²) in [6.45, 7) is 4.29. The summed E-state index contributed by atoms with van der Waals surface area (Å²) in [6, 6.07) is 14.7. The number of amides is 3. The third-order valence-electron chi connectivity index (χ3n) is 6.67. The van der Waals surface area contributed by atoms with Crippen LogP contribution in [-0.4, -0.2) is 51.6 Å². The number of benzene rings is 2. The second kappa shape index (κ2) is 8.39. The second-order valence-corrected chi connectivity index (χ2v) is 8.90. The summed E-state index contributed by atoms with van der Waals surface area (Å²) < 4.78 is 0. The molecule has 0 bridgehead atoms.